The quantitative estimate of drug-likeness (QED) is 0.248. The van der Waals surface area contributed by atoms with Gasteiger partial charge in [-0.05, 0) is 49.3 Å². The zero-order valence-corrected chi connectivity index (χ0v) is 21.1. The van der Waals surface area contributed by atoms with Crippen molar-refractivity contribution < 1.29 is 36.9 Å². The Morgan fingerprint density at radius 3 is 2.51 bits per heavy atom. The van der Waals surface area contributed by atoms with Crippen LogP contribution >= 0.6 is 0 Å². The highest BCUT2D eigenvalue weighted by Gasteiger charge is 2.51. The summed E-state index contributed by atoms with van der Waals surface area (Å²) in [4.78, 5) is 15.6. The van der Waals surface area contributed by atoms with Crippen LogP contribution in [0.3, 0.4) is 0 Å². The van der Waals surface area contributed by atoms with E-state index in [1.54, 1.807) is 0 Å². The molecule has 1 atom stereocenters. The smallest absolute Gasteiger partial charge is 0.309 e. The lowest BCUT2D eigenvalue weighted by atomic mass is 9.62. The van der Waals surface area contributed by atoms with Crippen LogP contribution in [0.1, 0.15) is 43.2 Å². The van der Waals surface area contributed by atoms with Gasteiger partial charge in [-0.1, -0.05) is 30.3 Å². The highest BCUT2D eigenvalue weighted by molar-refractivity contribution is 5.73. The normalized spacial score (nSPS) is 21.6. The molecule has 1 unspecified atom stereocenters. The number of benzene rings is 2. The van der Waals surface area contributed by atoms with Crippen LogP contribution in [0, 0.1) is 40.7 Å². The SMILES string of the molecule is COC(=O)C1CC2(Oc3c(F)c(F)nc(Oc4cc(C#N)ccc4OCc4ccccc4)c3F)CCC1CC2. The van der Waals surface area contributed by atoms with Crippen LogP contribution in [0.25, 0.3) is 0 Å². The number of pyridine rings is 1. The minimum absolute atomic E-state index is 0.104. The molecule has 202 valence electrons. The molecule has 0 saturated heterocycles. The van der Waals surface area contributed by atoms with Crippen molar-refractivity contribution in [3.63, 3.8) is 0 Å². The van der Waals surface area contributed by atoms with E-state index in [4.69, 9.17) is 18.9 Å². The van der Waals surface area contributed by atoms with Crippen molar-refractivity contribution in [3.05, 3.63) is 77.2 Å². The van der Waals surface area contributed by atoms with Crippen molar-refractivity contribution in [3.8, 4) is 29.2 Å². The number of esters is 1. The van der Waals surface area contributed by atoms with Gasteiger partial charge in [-0.2, -0.15) is 23.4 Å². The zero-order valence-electron chi connectivity index (χ0n) is 21.1. The second-order valence-corrected chi connectivity index (χ2v) is 9.77. The second-order valence-electron chi connectivity index (χ2n) is 9.77. The summed E-state index contributed by atoms with van der Waals surface area (Å²) >= 11 is 0. The number of carbonyl (C=O) groups is 1. The number of fused-ring (bicyclic) bond motifs is 3. The summed E-state index contributed by atoms with van der Waals surface area (Å²) in [5.74, 6) is -7.15. The Morgan fingerprint density at radius 2 is 1.82 bits per heavy atom. The number of hydrogen-bond acceptors (Lipinski definition) is 7. The molecule has 3 aromatic rings. The predicted molar refractivity (Wildman–Crippen MR) is 132 cm³/mol. The third-order valence-electron chi connectivity index (χ3n) is 7.41. The molecular formula is C29H25F3N2O5. The summed E-state index contributed by atoms with van der Waals surface area (Å²) in [6.45, 7) is 0.135. The van der Waals surface area contributed by atoms with Gasteiger partial charge in [0.15, 0.2) is 11.5 Å². The predicted octanol–water partition coefficient (Wildman–Crippen LogP) is 6.24. The fourth-order valence-corrected chi connectivity index (χ4v) is 5.38. The van der Waals surface area contributed by atoms with Gasteiger partial charge in [-0.3, -0.25) is 4.79 Å². The van der Waals surface area contributed by atoms with Gasteiger partial charge >= 0.3 is 5.97 Å². The maximum absolute atomic E-state index is 15.6. The molecule has 3 fully saturated rings. The Bertz CT molecular complexity index is 1420. The Hall–Kier alpha value is -4.26. The van der Waals surface area contributed by atoms with Gasteiger partial charge in [0.1, 0.15) is 12.2 Å². The molecule has 1 heterocycles. The van der Waals surface area contributed by atoms with Crippen LogP contribution in [0.4, 0.5) is 13.2 Å². The summed E-state index contributed by atoms with van der Waals surface area (Å²) in [7, 11) is 1.29. The molecule has 0 N–H and O–H groups in total. The molecule has 39 heavy (non-hydrogen) atoms. The molecule has 3 aliphatic carbocycles. The molecule has 0 amide bonds. The van der Waals surface area contributed by atoms with Gasteiger partial charge in [0.25, 0.3) is 11.8 Å². The van der Waals surface area contributed by atoms with Crippen molar-refractivity contribution in [2.45, 2.75) is 44.3 Å². The number of halogens is 3. The highest BCUT2D eigenvalue weighted by Crippen LogP contribution is 2.51. The van der Waals surface area contributed by atoms with E-state index in [2.05, 4.69) is 4.98 Å². The maximum atomic E-state index is 15.6. The second kappa shape index (κ2) is 10.8. The van der Waals surface area contributed by atoms with E-state index in [0.29, 0.717) is 25.7 Å². The molecule has 0 spiro atoms. The van der Waals surface area contributed by atoms with E-state index in [0.717, 1.165) is 5.56 Å². The van der Waals surface area contributed by atoms with Crippen LogP contribution in [-0.4, -0.2) is 23.7 Å². The van der Waals surface area contributed by atoms with Crippen LogP contribution in [0.15, 0.2) is 48.5 Å². The molecule has 2 aromatic carbocycles. The van der Waals surface area contributed by atoms with Crippen molar-refractivity contribution in [1.29, 1.82) is 5.26 Å². The standard InChI is InChI=1S/C29H25F3N2O5/c1-36-28(35)20-14-29(11-9-19(20)10-12-29)39-25-23(30)26(32)34-27(24(25)31)38-22-13-18(15-33)7-8-21(22)37-16-17-5-3-2-4-6-17/h2-8,13,19-20H,9-12,14,16H2,1H3. The van der Waals surface area contributed by atoms with Gasteiger partial charge < -0.3 is 18.9 Å². The van der Waals surface area contributed by atoms with Gasteiger partial charge in [0, 0.05) is 12.5 Å². The van der Waals surface area contributed by atoms with Crippen LogP contribution < -0.4 is 14.2 Å². The number of ether oxygens (including phenoxy) is 4. The number of hydrogen-bond donors (Lipinski definition) is 0. The van der Waals surface area contributed by atoms with Gasteiger partial charge in [-0.15, -0.1) is 0 Å². The van der Waals surface area contributed by atoms with Gasteiger partial charge in [0.2, 0.25) is 17.4 Å². The largest absolute Gasteiger partial charge is 0.485 e. The molecule has 7 nitrogen and oxygen atoms in total. The first kappa shape index (κ1) is 26.4. The summed E-state index contributed by atoms with van der Waals surface area (Å²) in [6, 6.07) is 15.4. The summed E-state index contributed by atoms with van der Waals surface area (Å²) in [5.41, 5.74) is -0.0547. The average Bonchev–Trinajstić information content (AvgIpc) is 2.98. The first-order valence-corrected chi connectivity index (χ1v) is 12.5. The van der Waals surface area contributed by atoms with Crippen LogP contribution in [0.5, 0.6) is 23.1 Å². The topological polar surface area (TPSA) is 90.7 Å². The molecule has 6 rings (SSSR count). The fourth-order valence-electron chi connectivity index (χ4n) is 5.38. The third-order valence-corrected chi connectivity index (χ3v) is 7.41. The molecule has 3 aliphatic rings. The monoisotopic (exact) mass is 538 g/mol. The third kappa shape index (κ3) is 5.35. The van der Waals surface area contributed by atoms with E-state index in [-0.39, 0.29) is 36.0 Å². The van der Waals surface area contributed by atoms with E-state index >= 15 is 4.39 Å². The molecule has 1 aromatic heterocycles. The molecule has 0 radical (unpaired) electrons. The number of aromatic nitrogens is 1. The fraction of sp³-hybridized carbons (Fsp3) is 0.345. The van der Waals surface area contributed by atoms with Gasteiger partial charge in [0.05, 0.1) is 24.7 Å². The number of carbonyl (C=O) groups excluding carboxylic acids is 1. The number of nitriles is 1. The first-order valence-electron chi connectivity index (χ1n) is 12.5. The molecule has 3 saturated carbocycles. The lowest BCUT2D eigenvalue weighted by molar-refractivity contribution is -0.158. The average molecular weight is 539 g/mol. The maximum Gasteiger partial charge on any atom is 0.309 e. The number of rotatable bonds is 8. The van der Waals surface area contributed by atoms with Crippen molar-refractivity contribution in [1.82, 2.24) is 4.98 Å². The van der Waals surface area contributed by atoms with E-state index < -0.39 is 46.7 Å². The Morgan fingerprint density at radius 1 is 1.08 bits per heavy atom. The molecule has 2 bridgehead atoms. The number of methoxy groups -OCH3 is 1. The van der Waals surface area contributed by atoms with E-state index in [1.807, 2.05) is 36.4 Å². The van der Waals surface area contributed by atoms with Gasteiger partial charge in [-0.25, -0.2) is 0 Å². The first-order chi connectivity index (χ1) is 18.8. The lowest BCUT2D eigenvalue weighted by Crippen LogP contribution is -2.51. The Labute approximate surface area is 223 Å². The van der Waals surface area contributed by atoms with Crippen molar-refractivity contribution in [2.24, 2.45) is 11.8 Å². The van der Waals surface area contributed by atoms with Crippen molar-refractivity contribution in [2.75, 3.05) is 7.11 Å². The lowest BCUT2D eigenvalue weighted by Gasteiger charge is -2.49. The van der Waals surface area contributed by atoms with Crippen molar-refractivity contribution >= 4 is 5.97 Å². The summed E-state index contributed by atoms with van der Waals surface area (Å²) < 4.78 is 67.2. The minimum atomic E-state index is -1.62. The summed E-state index contributed by atoms with van der Waals surface area (Å²) in [5, 5.41) is 9.33. The molecular weight excluding hydrogens is 513 g/mol. The molecule has 10 heteroatoms. The molecule has 0 aliphatic heterocycles. The Balaban J connectivity index is 1.44. The van der Waals surface area contributed by atoms with E-state index in [1.165, 1.54) is 25.3 Å². The van der Waals surface area contributed by atoms with Crippen LogP contribution in [0.2, 0.25) is 0 Å². The zero-order chi connectivity index (χ0) is 27.6. The minimum Gasteiger partial charge on any atom is -0.485 e. The highest BCUT2D eigenvalue weighted by atomic mass is 19.2. The Kier molecular flexibility index (Phi) is 7.33. The van der Waals surface area contributed by atoms with E-state index in [9.17, 15) is 18.8 Å². The number of nitrogens with zero attached hydrogens (tertiary/aromatic N) is 2. The van der Waals surface area contributed by atoms with Crippen LogP contribution in [-0.2, 0) is 16.1 Å². The summed E-state index contributed by atoms with van der Waals surface area (Å²) in [6.07, 6.45) is 2.33.